The van der Waals surface area contributed by atoms with Crippen molar-refractivity contribution < 1.29 is 14.6 Å². The highest BCUT2D eigenvalue weighted by Crippen LogP contribution is 2.15. The molecular weight excluding hydrogens is 260 g/mol. The van der Waals surface area contributed by atoms with E-state index in [1.54, 1.807) is 24.2 Å². The summed E-state index contributed by atoms with van der Waals surface area (Å²) in [5.74, 6) is -0.108. The molecule has 1 aromatic heterocycles. The number of aliphatic hydroxyl groups excluding tert-OH is 1. The number of piperidine rings is 1. The lowest BCUT2D eigenvalue weighted by Gasteiger charge is -2.31. The van der Waals surface area contributed by atoms with E-state index in [-0.39, 0.29) is 24.2 Å². The second-order valence-corrected chi connectivity index (χ2v) is 4.95. The molecule has 20 heavy (non-hydrogen) atoms. The fourth-order valence-electron chi connectivity index (χ4n) is 2.31. The first-order valence-corrected chi connectivity index (χ1v) is 6.80. The lowest BCUT2D eigenvalue weighted by Crippen LogP contribution is -2.41. The van der Waals surface area contributed by atoms with Gasteiger partial charge in [0.25, 0.3) is 11.5 Å². The smallest absolute Gasteiger partial charge is 0.254 e. The van der Waals surface area contributed by atoms with Crippen LogP contribution in [-0.4, -0.2) is 52.9 Å². The Morgan fingerprint density at radius 2 is 2.15 bits per heavy atom. The van der Waals surface area contributed by atoms with Crippen LogP contribution in [0.4, 0.5) is 0 Å². The average Bonchev–Trinajstić information content (AvgIpc) is 2.48. The Morgan fingerprint density at radius 1 is 1.45 bits per heavy atom. The molecule has 1 aromatic rings. The molecule has 0 spiro atoms. The molecule has 0 saturated carbocycles. The van der Waals surface area contributed by atoms with Gasteiger partial charge in [-0.1, -0.05) is 0 Å². The normalized spacial score (nSPS) is 16.4. The van der Waals surface area contributed by atoms with Crippen LogP contribution in [0.3, 0.4) is 0 Å². The zero-order valence-electron chi connectivity index (χ0n) is 11.6. The fraction of sp³-hybridized carbons (Fsp3) is 0.571. The predicted molar refractivity (Wildman–Crippen MR) is 73.6 cm³/mol. The Hall–Kier alpha value is -1.66. The molecule has 1 aliphatic heterocycles. The van der Waals surface area contributed by atoms with E-state index in [1.165, 1.54) is 10.6 Å². The minimum atomic E-state index is -0.183. The van der Waals surface area contributed by atoms with Crippen LogP contribution in [0.5, 0.6) is 0 Å². The Balaban J connectivity index is 1.94. The van der Waals surface area contributed by atoms with Crippen LogP contribution in [0.15, 0.2) is 23.1 Å². The Morgan fingerprint density at radius 3 is 2.75 bits per heavy atom. The van der Waals surface area contributed by atoms with Gasteiger partial charge in [-0.05, 0) is 18.9 Å². The van der Waals surface area contributed by atoms with Gasteiger partial charge in [0.1, 0.15) is 0 Å². The number of carbonyl (C=O) groups is 1. The zero-order chi connectivity index (χ0) is 14.5. The maximum atomic E-state index is 12.3. The van der Waals surface area contributed by atoms with Crippen molar-refractivity contribution in [3.8, 4) is 0 Å². The number of hydrogen-bond acceptors (Lipinski definition) is 4. The number of rotatable bonds is 4. The van der Waals surface area contributed by atoms with E-state index in [1.807, 2.05) is 0 Å². The molecule has 1 N–H and O–H groups in total. The fourth-order valence-corrected chi connectivity index (χ4v) is 2.31. The molecule has 0 radical (unpaired) electrons. The van der Waals surface area contributed by atoms with Gasteiger partial charge >= 0.3 is 0 Å². The minimum Gasteiger partial charge on any atom is -0.394 e. The molecule has 0 atom stereocenters. The molecule has 6 nitrogen and oxygen atoms in total. The van der Waals surface area contributed by atoms with Crippen molar-refractivity contribution in [1.82, 2.24) is 9.47 Å². The first-order chi connectivity index (χ1) is 9.61. The van der Waals surface area contributed by atoms with E-state index in [2.05, 4.69) is 0 Å². The van der Waals surface area contributed by atoms with Crippen LogP contribution in [0.1, 0.15) is 23.2 Å². The second kappa shape index (κ2) is 6.67. The molecule has 0 bridgehead atoms. The van der Waals surface area contributed by atoms with Gasteiger partial charge < -0.3 is 19.3 Å². The Bertz CT molecular complexity index is 518. The van der Waals surface area contributed by atoms with Gasteiger partial charge in [0.2, 0.25) is 0 Å². The van der Waals surface area contributed by atoms with Crippen LogP contribution < -0.4 is 5.56 Å². The maximum absolute atomic E-state index is 12.3. The number of amides is 1. The van der Waals surface area contributed by atoms with E-state index in [4.69, 9.17) is 9.84 Å². The van der Waals surface area contributed by atoms with Crippen LogP contribution in [0.25, 0.3) is 0 Å². The van der Waals surface area contributed by atoms with E-state index < -0.39 is 0 Å². The van der Waals surface area contributed by atoms with Crippen molar-refractivity contribution in [2.45, 2.75) is 18.9 Å². The molecule has 1 amide bonds. The molecule has 1 saturated heterocycles. The van der Waals surface area contributed by atoms with Gasteiger partial charge in [0, 0.05) is 38.0 Å². The first kappa shape index (κ1) is 14.7. The van der Waals surface area contributed by atoms with E-state index in [0.29, 0.717) is 25.3 Å². The number of ether oxygens (including phenoxy) is 1. The van der Waals surface area contributed by atoms with Crippen molar-refractivity contribution in [1.29, 1.82) is 0 Å². The summed E-state index contributed by atoms with van der Waals surface area (Å²) in [6.45, 7) is 1.59. The molecular formula is C14H20N2O4. The number of likely N-dealkylation sites (tertiary alicyclic amines) is 1. The molecule has 0 unspecified atom stereocenters. The number of carbonyl (C=O) groups excluding carboxylic acids is 1. The highest BCUT2D eigenvalue weighted by atomic mass is 16.5. The van der Waals surface area contributed by atoms with Crippen molar-refractivity contribution >= 4 is 5.91 Å². The number of hydrogen-bond donors (Lipinski definition) is 1. The summed E-state index contributed by atoms with van der Waals surface area (Å²) < 4.78 is 6.90. The average molecular weight is 280 g/mol. The molecule has 0 aromatic carbocycles. The van der Waals surface area contributed by atoms with Crippen LogP contribution in [-0.2, 0) is 11.8 Å². The Kier molecular flexibility index (Phi) is 4.92. The molecule has 110 valence electrons. The number of aryl methyl sites for hydroxylation is 1. The summed E-state index contributed by atoms with van der Waals surface area (Å²) >= 11 is 0. The van der Waals surface area contributed by atoms with Crippen molar-refractivity contribution in [2.24, 2.45) is 7.05 Å². The Labute approximate surface area is 117 Å². The number of nitrogens with zero attached hydrogens (tertiary/aromatic N) is 2. The standard InChI is InChI=1S/C14H20N2O4/c1-15-5-2-11(10-13(15)18)14(19)16-6-3-12(4-7-16)20-9-8-17/h2,5,10,12,17H,3-4,6-9H2,1H3. The van der Waals surface area contributed by atoms with Crippen molar-refractivity contribution in [3.63, 3.8) is 0 Å². The van der Waals surface area contributed by atoms with Gasteiger partial charge in [-0.2, -0.15) is 0 Å². The third-order valence-electron chi connectivity index (χ3n) is 3.53. The summed E-state index contributed by atoms with van der Waals surface area (Å²) in [6, 6.07) is 3.04. The second-order valence-electron chi connectivity index (χ2n) is 4.95. The summed E-state index contributed by atoms with van der Waals surface area (Å²) in [5, 5.41) is 8.71. The maximum Gasteiger partial charge on any atom is 0.254 e. The van der Waals surface area contributed by atoms with Crippen LogP contribution in [0, 0.1) is 0 Å². The van der Waals surface area contributed by atoms with Gasteiger partial charge in [0.15, 0.2) is 0 Å². The molecule has 6 heteroatoms. The number of aromatic nitrogens is 1. The van der Waals surface area contributed by atoms with Gasteiger partial charge in [-0.3, -0.25) is 9.59 Å². The van der Waals surface area contributed by atoms with Crippen LogP contribution >= 0.6 is 0 Å². The molecule has 2 heterocycles. The lowest BCUT2D eigenvalue weighted by molar-refractivity contribution is -0.00554. The number of pyridine rings is 1. The predicted octanol–water partition coefficient (Wildman–Crippen LogP) is -0.00120. The molecule has 0 aliphatic carbocycles. The van der Waals surface area contributed by atoms with E-state index in [0.717, 1.165) is 12.8 Å². The van der Waals surface area contributed by atoms with Crippen molar-refractivity contribution in [2.75, 3.05) is 26.3 Å². The lowest BCUT2D eigenvalue weighted by atomic mass is 10.1. The highest BCUT2D eigenvalue weighted by Gasteiger charge is 2.24. The molecule has 1 aliphatic rings. The highest BCUT2D eigenvalue weighted by molar-refractivity contribution is 5.94. The largest absolute Gasteiger partial charge is 0.394 e. The van der Waals surface area contributed by atoms with Gasteiger partial charge in [-0.15, -0.1) is 0 Å². The number of aliphatic hydroxyl groups is 1. The van der Waals surface area contributed by atoms with E-state index in [9.17, 15) is 9.59 Å². The zero-order valence-corrected chi connectivity index (χ0v) is 11.6. The summed E-state index contributed by atoms with van der Waals surface area (Å²) in [7, 11) is 1.65. The third-order valence-corrected chi connectivity index (χ3v) is 3.53. The molecule has 2 rings (SSSR count). The topological polar surface area (TPSA) is 71.8 Å². The summed E-state index contributed by atoms with van der Waals surface area (Å²) in [5.41, 5.74) is 0.250. The van der Waals surface area contributed by atoms with Crippen LogP contribution in [0.2, 0.25) is 0 Å². The summed E-state index contributed by atoms with van der Waals surface area (Å²) in [6.07, 6.45) is 3.23. The monoisotopic (exact) mass is 280 g/mol. The minimum absolute atomic E-state index is 0.0203. The molecule has 1 fully saturated rings. The third kappa shape index (κ3) is 3.46. The SMILES string of the molecule is Cn1ccc(C(=O)N2CCC(OCCO)CC2)cc1=O. The quantitative estimate of drug-likeness (QED) is 0.842. The van der Waals surface area contributed by atoms with Gasteiger partial charge in [0.05, 0.1) is 19.3 Å². The van der Waals surface area contributed by atoms with Crippen molar-refractivity contribution in [3.05, 3.63) is 34.2 Å². The first-order valence-electron chi connectivity index (χ1n) is 6.80. The van der Waals surface area contributed by atoms with Gasteiger partial charge in [-0.25, -0.2) is 0 Å². The summed E-state index contributed by atoms with van der Waals surface area (Å²) in [4.78, 5) is 25.6. The van der Waals surface area contributed by atoms with E-state index >= 15 is 0 Å².